The molecule has 2 aliphatic heterocycles. The Bertz CT molecular complexity index is 1500. The van der Waals surface area contributed by atoms with Crippen molar-refractivity contribution in [3.8, 4) is 5.75 Å². The predicted molar refractivity (Wildman–Crippen MR) is 161 cm³/mol. The third-order valence-electron chi connectivity index (χ3n) is 9.74. The molecular weight excluding hydrogens is 578 g/mol. The molecule has 2 aliphatic carbocycles. The number of aryl methyl sites for hydroxylation is 1. The van der Waals surface area contributed by atoms with Gasteiger partial charge in [-0.2, -0.15) is 0 Å². The minimum absolute atomic E-state index is 0.0562. The molecular formula is C31H38ClN3O6S. The van der Waals surface area contributed by atoms with Crippen LogP contribution in [-0.4, -0.2) is 74.9 Å². The number of halogens is 1. The summed E-state index contributed by atoms with van der Waals surface area (Å²) in [6.07, 6.45) is 4.54. The van der Waals surface area contributed by atoms with Gasteiger partial charge < -0.3 is 19.6 Å². The number of hydrogen-bond donors (Lipinski definition) is 2. The summed E-state index contributed by atoms with van der Waals surface area (Å²) in [5.74, 6) is -0.434. The van der Waals surface area contributed by atoms with Crippen molar-refractivity contribution >= 4 is 39.1 Å². The Morgan fingerprint density at radius 2 is 1.98 bits per heavy atom. The summed E-state index contributed by atoms with van der Waals surface area (Å²) in [5.41, 5.74) is 3.15. The lowest BCUT2D eigenvalue weighted by atomic mass is 9.68. The third-order valence-corrected chi connectivity index (χ3v) is 11.2. The lowest BCUT2D eigenvalue weighted by Crippen LogP contribution is -2.50. The second-order valence-corrected chi connectivity index (χ2v) is 14.7. The zero-order valence-electron chi connectivity index (χ0n) is 23.9. The van der Waals surface area contributed by atoms with Crippen LogP contribution in [0.2, 0.25) is 5.02 Å². The molecule has 4 aliphatic rings. The summed E-state index contributed by atoms with van der Waals surface area (Å²) < 4.78 is 34.3. The van der Waals surface area contributed by atoms with Gasteiger partial charge in [-0.25, -0.2) is 13.1 Å². The van der Waals surface area contributed by atoms with Crippen molar-refractivity contribution in [2.75, 3.05) is 43.4 Å². The van der Waals surface area contributed by atoms with Crippen molar-refractivity contribution in [2.45, 2.75) is 57.0 Å². The molecule has 1 fully saturated rings. The number of benzene rings is 2. The molecule has 9 nitrogen and oxygen atoms in total. The van der Waals surface area contributed by atoms with Crippen LogP contribution in [0.5, 0.6) is 5.75 Å². The van der Waals surface area contributed by atoms with Gasteiger partial charge in [0.25, 0.3) is 5.91 Å². The van der Waals surface area contributed by atoms with Crippen molar-refractivity contribution in [1.82, 2.24) is 9.62 Å². The summed E-state index contributed by atoms with van der Waals surface area (Å²) in [4.78, 5) is 29.2. The number of rotatable bonds is 0. The van der Waals surface area contributed by atoms with Crippen LogP contribution >= 0.6 is 11.6 Å². The molecule has 0 aromatic heterocycles. The molecule has 11 heteroatoms. The average molecular weight is 616 g/mol. The first kappa shape index (κ1) is 29.3. The van der Waals surface area contributed by atoms with E-state index in [-0.39, 0.29) is 41.8 Å². The molecule has 2 heterocycles. The standard InChI is InChI=1S/C31H38ClN3O6S/c1-20(36)34-12-10-28(37)25-7-4-23(25)17-35-18-31(11-2-3-21-15-24(32)6-8-26(21)31)19-41-29-9-5-22(16-27(29)35)30(38)33-42(39,40)14-13-34/h5-6,8-9,15-16,23,25,28,37H,2-4,7,10-14,17-19H2,1H3,(H,33,38)/t23-,25+,28+,31-/m0/s1. The number of sulfonamides is 1. The summed E-state index contributed by atoms with van der Waals surface area (Å²) in [6.45, 7) is 3.39. The van der Waals surface area contributed by atoms with Crippen LogP contribution in [0.25, 0.3) is 0 Å². The van der Waals surface area contributed by atoms with Crippen molar-refractivity contribution < 1.29 is 27.9 Å². The van der Waals surface area contributed by atoms with Gasteiger partial charge in [-0.1, -0.05) is 17.7 Å². The second kappa shape index (κ2) is 11.4. The molecule has 226 valence electrons. The molecule has 1 spiro atoms. The number of fused-ring (bicyclic) bond motifs is 4. The number of ether oxygens (including phenoxy) is 1. The largest absolute Gasteiger partial charge is 0.490 e. The van der Waals surface area contributed by atoms with Gasteiger partial charge in [-0.15, -0.1) is 0 Å². The van der Waals surface area contributed by atoms with E-state index in [0.29, 0.717) is 36.9 Å². The van der Waals surface area contributed by atoms with Crippen LogP contribution in [0, 0.1) is 11.8 Å². The summed E-state index contributed by atoms with van der Waals surface area (Å²) in [5, 5.41) is 11.9. The van der Waals surface area contributed by atoms with E-state index in [4.69, 9.17) is 16.3 Å². The number of nitrogens with one attached hydrogen (secondary N) is 1. The zero-order valence-corrected chi connectivity index (χ0v) is 25.4. The Balaban J connectivity index is 1.39. The fourth-order valence-corrected chi connectivity index (χ4v) is 8.43. The minimum atomic E-state index is -4.01. The molecule has 2 amide bonds. The molecule has 2 aromatic rings. The smallest absolute Gasteiger partial charge is 0.264 e. The quantitative estimate of drug-likeness (QED) is 0.466. The van der Waals surface area contributed by atoms with Gasteiger partial charge in [0.15, 0.2) is 0 Å². The average Bonchev–Trinajstić information content (AvgIpc) is 3.07. The topological polar surface area (TPSA) is 116 Å². The number of nitrogens with zero attached hydrogens (tertiary/aromatic N) is 2. The number of aliphatic hydroxyl groups excluding tert-OH is 1. The number of aliphatic hydroxyl groups is 1. The molecule has 4 atom stereocenters. The summed E-state index contributed by atoms with van der Waals surface area (Å²) in [6, 6.07) is 11.2. The monoisotopic (exact) mass is 615 g/mol. The molecule has 2 N–H and O–H groups in total. The van der Waals surface area contributed by atoms with E-state index >= 15 is 0 Å². The van der Waals surface area contributed by atoms with E-state index in [1.54, 1.807) is 18.2 Å². The minimum Gasteiger partial charge on any atom is -0.490 e. The van der Waals surface area contributed by atoms with Gasteiger partial charge >= 0.3 is 0 Å². The first-order valence-corrected chi connectivity index (χ1v) is 16.9. The normalized spacial score (nSPS) is 29.3. The van der Waals surface area contributed by atoms with Crippen LogP contribution in [0.1, 0.15) is 60.5 Å². The highest BCUT2D eigenvalue weighted by Gasteiger charge is 2.44. The molecule has 2 bridgehead atoms. The SMILES string of the molecule is CC(=O)N1CC[C@@H](O)[C@@H]2CC[C@H]2CN2C[C@@]3(CCCc4cc(Cl)ccc43)COc3ccc(cc32)C(=O)NS(=O)(=O)CC1. The number of hydrogen-bond acceptors (Lipinski definition) is 7. The highest BCUT2D eigenvalue weighted by atomic mass is 35.5. The van der Waals surface area contributed by atoms with Crippen LogP contribution in [0.4, 0.5) is 5.69 Å². The highest BCUT2D eigenvalue weighted by Crippen LogP contribution is 2.46. The fraction of sp³-hybridized carbons (Fsp3) is 0.548. The molecule has 0 radical (unpaired) electrons. The maximum Gasteiger partial charge on any atom is 0.264 e. The van der Waals surface area contributed by atoms with Gasteiger partial charge in [-0.3, -0.25) is 9.59 Å². The van der Waals surface area contributed by atoms with Crippen molar-refractivity contribution in [3.63, 3.8) is 0 Å². The van der Waals surface area contributed by atoms with E-state index < -0.39 is 27.8 Å². The Hall–Kier alpha value is -2.82. The van der Waals surface area contributed by atoms with E-state index in [9.17, 15) is 23.1 Å². The van der Waals surface area contributed by atoms with Gasteiger partial charge in [0.05, 0.1) is 24.2 Å². The van der Waals surface area contributed by atoms with Crippen LogP contribution in [0.3, 0.4) is 0 Å². The van der Waals surface area contributed by atoms with Gasteiger partial charge in [0, 0.05) is 49.1 Å². The summed E-state index contributed by atoms with van der Waals surface area (Å²) in [7, 11) is -4.01. The van der Waals surface area contributed by atoms with Gasteiger partial charge in [-0.05, 0) is 91.8 Å². The van der Waals surface area contributed by atoms with Gasteiger partial charge in [0.2, 0.25) is 15.9 Å². The predicted octanol–water partition coefficient (Wildman–Crippen LogP) is 3.51. The first-order valence-electron chi connectivity index (χ1n) is 14.8. The molecule has 1 saturated carbocycles. The summed E-state index contributed by atoms with van der Waals surface area (Å²) >= 11 is 6.37. The molecule has 2 aromatic carbocycles. The highest BCUT2D eigenvalue weighted by molar-refractivity contribution is 7.90. The number of carbonyl (C=O) groups is 2. The lowest BCUT2D eigenvalue weighted by molar-refractivity contribution is -0.129. The lowest BCUT2D eigenvalue weighted by Gasteiger charge is -2.46. The Morgan fingerprint density at radius 3 is 2.74 bits per heavy atom. The van der Waals surface area contributed by atoms with Crippen molar-refractivity contribution in [2.24, 2.45) is 11.8 Å². The first-order chi connectivity index (χ1) is 20.0. The van der Waals surface area contributed by atoms with Gasteiger partial charge in [0.1, 0.15) is 5.75 Å². The maximum absolute atomic E-state index is 13.2. The van der Waals surface area contributed by atoms with E-state index in [2.05, 4.69) is 21.8 Å². The molecule has 6 rings (SSSR count). The molecule has 42 heavy (non-hydrogen) atoms. The number of carbonyl (C=O) groups excluding carboxylic acids is 2. The maximum atomic E-state index is 13.2. The van der Waals surface area contributed by atoms with Crippen molar-refractivity contribution in [3.05, 3.63) is 58.1 Å². The molecule has 0 saturated heterocycles. The Labute approximate surface area is 252 Å². The number of amides is 2. The van der Waals surface area contributed by atoms with Crippen LogP contribution < -0.4 is 14.4 Å². The van der Waals surface area contributed by atoms with E-state index in [1.165, 1.54) is 23.0 Å². The van der Waals surface area contributed by atoms with E-state index in [0.717, 1.165) is 37.8 Å². The Morgan fingerprint density at radius 1 is 1.14 bits per heavy atom. The third kappa shape index (κ3) is 5.73. The van der Waals surface area contributed by atoms with Crippen LogP contribution in [0.15, 0.2) is 36.4 Å². The van der Waals surface area contributed by atoms with Crippen LogP contribution in [-0.2, 0) is 26.7 Å². The van der Waals surface area contributed by atoms with Crippen molar-refractivity contribution in [1.29, 1.82) is 0 Å². The Kier molecular flexibility index (Phi) is 7.91. The fourth-order valence-electron chi connectivity index (χ4n) is 7.28. The molecule has 0 unspecified atom stereocenters. The number of anilines is 1. The second-order valence-electron chi connectivity index (χ2n) is 12.4. The van der Waals surface area contributed by atoms with E-state index in [1.807, 2.05) is 6.07 Å². The zero-order chi connectivity index (χ0) is 29.6.